The SMILES string of the molecule is C[C@@H](CO)n1cnc2c(-c3ccc(C(F)(F)F)nc3)nc(-c3ccc(C(F)(F)F)nc3)cc2c1=O. The van der Waals surface area contributed by atoms with Gasteiger partial charge >= 0.3 is 12.4 Å². The molecular formula is C22H15F6N5O2. The Morgan fingerprint density at radius 2 is 1.49 bits per heavy atom. The van der Waals surface area contributed by atoms with Crippen molar-refractivity contribution in [1.29, 1.82) is 0 Å². The van der Waals surface area contributed by atoms with Crippen molar-refractivity contribution in [1.82, 2.24) is 24.5 Å². The zero-order valence-electron chi connectivity index (χ0n) is 17.8. The van der Waals surface area contributed by atoms with E-state index in [-0.39, 0.29) is 40.0 Å². The van der Waals surface area contributed by atoms with Crippen LogP contribution in [0.5, 0.6) is 0 Å². The van der Waals surface area contributed by atoms with Crippen LogP contribution in [0.4, 0.5) is 26.3 Å². The Balaban J connectivity index is 1.96. The van der Waals surface area contributed by atoms with Crippen LogP contribution in [-0.2, 0) is 12.4 Å². The number of rotatable bonds is 4. The first kappa shape index (κ1) is 24.3. The number of aromatic nitrogens is 5. The van der Waals surface area contributed by atoms with Crippen LogP contribution in [-0.4, -0.2) is 36.2 Å². The van der Waals surface area contributed by atoms with E-state index in [0.717, 1.165) is 41.2 Å². The average Bonchev–Trinajstić information content (AvgIpc) is 2.82. The largest absolute Gasteiger partial charge is 0.433 e. The van der Waals surface area contributed by atoms with Gasteiger partial charge < -0.3 is 5.11 Å². The van der Waals surface area contributed by atoms with Gasteiger partial charge in [-0.2, -0.15) is 26.3 Å². The molecule has 0 fully saturated rings. The number of fused-ring (bicyclic) bond motifs is 1. The third kappa shape index (κ3) is 4.71. The predicted octanol–water partition coefficient (Wildman–Crippen LogP) is 4.51. The van der Waals surface area contributed by atoms with E-state index in [1.54, 1.807) is 6.92 Å². The minimum absolute atomic E-state index is 0.000441. The van der Waals surface area contributed by atoms with Crippen LogP contribution in [0.3, 0.4) is 0 Å². The summed E-state index contributed by atoms with van der Waals surface area (Å²) in [6, 6.07) is 4.37. The van der Waals surface area contributed by atoms with Gasteiger partial charge in [0.25, 0.3) is 5.56 Å². The number of aliphatic hydroxyl groups excluding tert-OH is 1. The Hall–Kier alpha value is -3.87. The van der Waals surface area contributed by atoms with Crippen molar-refractivity contribution in [3.8, 4) is 22.5 Å². The van der Waals surface area contributed by atoms with Gasteiger partial charge in [0.05, 0.1) is 35.8 Å². The summed E-state index contributed by atoms with van der Waals surface area (Å²) < 4.78 is 78.7. The highest BCUT2D eigenvalue weighted by atomic mass is 19.4. The molecule has 4 aromatic rings. The van der Waals surface area contributed by atoms with Gasteiger partial charge in [0.2, 0.25) is 0 Å². The maximum Gasteiger partial charge on any atom is 0.433 e. The molecule has 13 heteroatoms. The molecule has 0 saturated heterocycles. The van der Waals surface area contributed by atoms with Gasteiger partial charge in [0.1, 0.15) is 16.9 Å². The summed E-state index contributed by atoms with van der Waals surface area (Å²) >= 11 is 0. The molecule has 4 heterocycles. The standard InChI is InChI=1S/C22H15F6N5O2/c1-11(9-34)33-10-31-19-14(20(33)35)6-15(12-2-4-16(29-7-12)21(23,24)25)32-18(19)13-3-5-17(30-8-13)22(26,27)28/h2-8,10-11,34H,9H2,1H3/t11-/m0/s1. The highest BCUT2D eigenvalue weighted by Crippen LogP contribution is 2.33. The molecule has 35 heavy (non-hydrogen) atoms. The lowest BCUT2D eigenvalue weighted by Crippen LogP contribution is -2.26. The summed E-state index contributed by atoms with van der Waals surface area (Å²) in [7, 11) is 0. The molecule has 0 amide bonds. The average molecular weight is 495 g/mol. The van der Waals surface area contributed by atoms with Crippen molar-refractivity contribution in [3.05, 3.63) is 70.8 Å². The third-order valence-corrected chi connectivity index (χ3v) is 5.19. The summed E-state index contributed by atoms with van der Waals surface area (Å²) in [4.78, 5) is 28.5. The normalized spacial score (nSPS) is 13.3. The van der Waals surface area contributed by atoms with E-state index in [2.05, 4.69) is 19.9 Å². The number of hydrogen-bond acceptors (Lipinski definition) is 6. The number of pyridine rings is 3. The second-order valence-corrected chi connectivity index (χ2v) is 7.60. The number of halogens is 6. The molecule has 0 saturated carbocycles. The number of aliphatic hydroxyl groups is 1. The Kier molecular flexibility index (Phi) is 6.05. The molecule has 0 unspecified atom stereocenters. The molecule has 0 aliphatic heterocycles. The van der Waals surface area contributed by atoms with Gasteiger partial charge in [0, 0.05) is 23.5 Å². The zero-order valence-corrected chi connectivity index (χ0v) is 17.8. The first-order valence-corrected chi connectivity index (χ1v) is 10.00. The lowest BCUT2D eigenvalue weighted by Gasteiger charge is -2.15. The number of alkyl halides is 6. The van der Waals surface area contributed by atoms with Crippen LogP contribution in [0.15, 0.2) is 53.8 Å². The monoisotopic (exact) mass is 495 g/mol. The topological polar surface area (TPSA) is 93.8 Å². The van der Waals surface area contributed by atoms with E-state index in [4.69, 9.17) is 0 Å². The highest BCUT2D eigenvalue weighted by molar-refractivity contribution is 5.93. The van der Waals surface area contributed by atoms with Gasteiger partial charge in [-0.05, 0) is 37.3 Å². The third-order valence-electron chi connectivity index (χ3n) is 5.19. The predicted molar refractivity (Wildman–Crippen MR) is 112 cm³/mol. The summed E-state index contributed by atoms with van der Waals surface area (Å²) in [5.74, 6) is 0. The molecule has 0 aliphatic rings. The molecule has 0 bridgehead atoms. The van der Waals surface area contributed by atoms with Crippen molar-refractivity contribution < 1.29 is 31.4 Å². The highest BCUT2D eigenvalue weighted by Gasteiger charge is 2.33. The summed E-state index contributed by atoms with van der Waals surface area (Å²) in [5.41, 5.74) is -2.53. The van der Waals surface area contributed by atoms with E-state index in [9.17, 15) is 36.2 Å². The van der Waals surface area contributed by atoms with Crippen LogP contribution in [0.1, 0.15) is 24.4 Å². The fourth-order valence-electron chi connectivity index (χ4n) is 3.31. The molecule has 0 aromatic carbocycles. The molecular weight excluding hydrogens is 480 g/mol. The van der Waals surface area contributed by atoms with E-state index >= 15 is 0 Å². The van der Waals surface area contributed by atoms with E-state index < -0.39 is 35.3 Å². The number of hydrogen-bond donors (Lipinski definition) is 1. The van der Waals surface area contributed by atoms with Crippen molar-refractivity contribution in [2.24, 2.45) is 0 Å². The summed E-state index contributed by atoms with van der Waals surface area (Å²) in [6.45, 7) is 1.20. The summed E-state index contributed by atoms with van der Waals surface area (Å²) in [6.07, 6.45) is -6.31. The second kappa shape index (κ2) is 8.73. The Morgan fingerprint density at radius 1 is 0.914 bits per heavy atom. The fraction of sp³-hybridized carbons (Fsp3) is 0.227. The molecule has 0 radical (unpaired) electrons. The molecule has 1 atom stereocenters. The van der Waals surface area contributed by atoms with Crippen LogP contribution in [0, 0.1) is 0 Å². The molecule has 0 spiro atoms. The Bertz CT molecular complexity index is 1430. The van der Waals surface area contributed by atoms with Gasteiger partial charge in [-0.1, -0.05) is 0 Å². The Labute approximate surface area is 192 Å². The van der Waals surface area contributed by atoms with Crippen LogP contribution in [0.25, 0.3) is 33.4 Å². The molecule has 4 aromatic heterocycles. The van der Waals surface area contributed by atoms with Crippen molar-refractivity contribution in [3.63, 3.8) is 0 Å². The maximum absolute atomic E-state index is 13.1. The van der Waals surface area contributed by atoms with Gasteiger partial charge in [-0.3, -0.25) is 19.3 Å². The van der Waals surface area contributed by atoms with E-state index in [1.807, 2.05) is 0 Å². The van der Waals surface area contributed by atoms with Crippen molar-refractivity contribution in [2.45, 2.75) is 25.3 Å². The van der Waals surface area contributed by atoms with Gasteiger partial charge in [0.15, 0.2) is 0 Å². The number of nitrogens with zero attached hydrogens (tertiary/aromatic N) is 5. The van der Waals surface area contributed by atoms with Crippen molar-refractivity contribution in [2.75, 3.05) is 6.61 Å². The van der Waals surface area contributed by atoms with E-state index in [0.29, 0.717) is 0 Å². The quantitative estimate of drug-likeness (QED) is 0.419. The van der Waals surface area contributed by atoms with Crippen molar-refractivity contribution >= 4 is 10.9 Å². The lowest BCUT2D eigenvalue weighted by molar-refractivity contribution is -0.141. The van der Waals surface area contributed by atoms with E-state index in [1.165, 1.54) is 12.4 Å². The fourth-order valence-corrected chi connectivity index (χ4v) is 3.31. The smallest absolute Gasteiger partial charge is 0.394 e. The molecule has 7 nitrogen and oxygen atoms in total. The molecule has 182 valence electrons. The minimum atomic E-state index is -4.67. The Morgan fingerprint density at radius 3 is 1.97 bits per heavy atom. The first-order valence-electron chi connectivity index (χ1n) is 10.00. The minimum Gasteiger partial charge on any atom is -0.394 e. The van der Waals surface area contributed by atoms with Gasteiger partial charge in [-0.25, -0.2) is 9.97 Å². The summed E-state index contributed by atoms with van der Waals surface area (Å²) in [5, 5.41) is 9.43. The molecule has 0 aliphatic carbocycles. The molecule has 1 N–H and O–H groups in total. The van der Waals surface area contributed by atoms with Crippen LogP contribution >= 0.6 is 0 Å². The molecule has 4 rings (SSSR count). The lowest BCUT2D eigenvalue weighted by atomic mass is 10.1. The zero-order chi connectivity index (χ0) is 25.5. The first-order chi connectivity index (χ1) is 16.4. The second-order valence-electron chi connectivity index (χ2n) is 7.60. The van der Waals surface area contributed by atoms with Gasteiger partial charge in [-0.15, -0.1) is 0 Å². The van der Waals surface area contributed by atoms with Crippen LogP contribution in [0.2, 0.25) is 0 Å². The van der Waals surface area contributed by atoms with Crippen LogP contribution < -0.4 is 5.56 Å². The maximum atomic E-state index is 13.1.